The van der Waals surface area contributed by atoms with Crippen molar-refractivity contribution in [1.29, 1.82) is 0 Å². The lowest BCUT2D eigenvalue weighted by Crippen LogP contribution is -2.20. The van der Waals surface area contributed by atoms with E-state index in [9.17, 15) is 14.6 Å². The summed E-state index contributed by atoms with van der Waals surface area (Å²) < 4.78 is 13.9. The van der Waals surface area contributed by atoms with Gasteiger partial charge in [0.1, 0.15) is 11.9 Å². The first-order chi connectivity index (χ1) is 7.47. The molecule has 1 rings (SSSR count). The molecule has 0 radical (unpaired) electrons. The number of hydrogen-bond acceptors (Lipinski definition) is 3. The summed E-state index contributed by atoms with van der Waals surface area (Å²) in [6.45, 7) is 0. The van der Waals surface area contributed by atoms with Crippen LogP contribution in [0.4, 0.5) is 4.39 Å². The van der Waals surface area contributed by atoms with Gasteiger partial charge in [-0.1, -0.05) is 27.5 Å². The fourth-order valence-corrected chi connectivity index (χ4v) is 2.59. The molecule has 0 saturated heterocycles. The highest BCUT2D eigenvalue weighted by Gasteiger charge is 2.23. The highest BCUT2D eigenvalue weighted by molar-refractivity contribution is 9.10. The van der Waals surface area contributed by atoms with Crippen molar-refractivity contribution in [3.05, 3.63) is 33.0 Å². The van der Waals surface area contributed by atoms with Crippen LogP contribution in [0, 0.1) is 5.82 Å². The van der Waals surface area contributed by atoms with E-state index < -0.39 is 18.0 Å². The zero-order chi connectivity index (χ0) is 12.3. The summed E-state index contributed by atoms with van der Waals surface area (Å²) >= 11 is 12.7. The molecule has 0 fully saturated rings. The fourth-order valence-electron chi connectivity index (χ4n) is 1.32. The van der Waals surface area contributed by atoms with Crippen molar-refractivity contribution in [2.24, 2.45) is 0 Å². The lowest BCUT2D eigenvalue weighted by molar-refractivity contribution is 0.0147. The van der Waals surface area contributed by atoms with Crippen LogP contribution in [0.2, 0.25) is 5.02 Å². The zero-order valence-electron chi connectivity index (χ0n) is 8.20. The molecule has 2 unspecified atom stereocenters. The Balaban J connectivity index is 3.03. The normalized spacial score (nSPS) is 14.9. The van der Waals surface area contributed by atoms with Gasteiger partial charge in [0.15, 0.2) is 0 Å². The number of halogens is 3. The van der Waals surface area contributed by atoms with Gasteiger partial charge in [-0.25, -0.2) is 4.39 Å². The van der Waals surface area contributed by atoms with Crippen LogP contribution in [0.15, 0.2) is 16.6 Å². The Labute approximate surface area is 112 Å². The lowest BCUT2D eigenvalue weighted by Gasteiger charge is -2.19. The van der Waals surface area contributed by atoms with Gasteiger partial charge >= 0.3 is 0 Å². The predicted octanol–water partition coefficient (Wildman–Crippen LogP) is 2.96. The summed E-state index contributed by atoms with van der Waals surface area (Å²) in [5, 5.41) is 19.6. The van der Waals surface area contributed by atoms with Crippen LogP contribution in [0.25, 0.3) is 0 Å². The van der Waals surface area contributed by atoms with Crippen molar-refractivity contribution >= 4 is 40.2 Å². The maximum atomic E-state index is 13.6. The second-order valence-electron chi connectivity index (χ2n) is 3.31. The Kier molecular flexibility index (Phi) is 5.53. The molecule has 16 heavy (non-hydrogen) atoms. The standard InChI is InChI=1S/C10H11BrClFO2S/c11-6-3-5(12)4-7(13)9(6)10(15)8(14)1-2-16/h3-4,8,10,14-16H,1-2H2. The molecule has 0 heterocycles. The third-order valence-corrected chi connectivity index (χ3v) is 3.26. The minimum Gasteiger partial charge on any atom is -0.390 e. The average Bonchev–Trinajstić information content (AvgIpc) is 2.16. The molecule has 0 amide bonds. The van der Waals surface area contributed by atoms with E-state index in [0.717, 1.165) is 6.07 Å². The molecule has 1 aromatic carbocycles. The zero-order valence-corrected chi connectivity index (χ0v) is 11.4. The molecule has 2 atom stereocenters. The van der Waals surface area contributed by atoms with Crippen LogP contribution < -0.4 is 0 Å². The molecule has 0 bridgehead atoms. The topological polar surface area (TPSA) is 40.5 Å². The third kappa shape index (κ3) is 3.34. The minimum absolute atomic E-state index is 0.0127. The van der Waals surface area contributed by atoms with Crippen LogP contribution in [0.5, 0.6) is 0 Å². The molecular formula is C10H11BrClFO2S. The molecule has 2 N–H and O–H groups in total. The van der Waals surface area contributed by atoms with Crippen LogP contribution in [-0.2, 0) is 0 Å². The molecule has 0 aromatic heterocycles. The van der Waals surface area contributed by atoms with Crippen molar-refractivity contribution in [2.45, 2.75) is 18.6 Å². The van der Waals surface area contributed by atoms with Gasteiger partial charge < -0.3 is 10.2 Å². The lowest BCUT2D eigenvalue weighted by atomic mass is 10.0. The number of benzene rings is 1. The van der Waals surface area contributed by atoms with Gasteiger partial charge in [0.25, 0.3) is 0 Å². The highest BCUT2D eigenvalue weighted by atomic mass is 79.9. The fraction of sp³-hybridized carbons (Fsp3) is 0.400. The van der Waals surface area contributed by atoms with Gasteiger partial charge in [0.05, 0.1) is 6.10 Å². The minimum atomic E-state index is -1.29. The van der Waals surface area contributed by atoms with Crippen molar-refractivity contribution in [3.8, 4) is 0 Å². The average molecular weight is 330 g/mol. The Morgan fingerprint density at radius 3 is 2.56 bits per heavy atom. The molecule has 6 heteroatoms. The van der Waals surface area contributed by atoms with Crippen LogP contribution >= 0.6 is 40.2 Å². The molecule has 1 aromatic rings. The summed E-state index contributed by atoms with van der Waals surface area (Å²) in [5.41, 5.74) is 0.0127. The van der Waals surface area contributed by atoms with Crippen molar-refractivity contribution in [1.82, 2.24) is 0 Å². The Morgan fingerprint density at radius 1 is 1.44 bits per heavy atom. The summed E-state index contributed by atoms with van der Waals surface area (Å²) in [7, 11) is 0. The Hall–Kier alpha value is 0.190. The van der Waals surface area contributed by atoms with Gasteiger partial charge in [-0.3, -0.25) is 0 Å². The molecule has 0 spiro atoms. The quantitative estimate of drug-likeness (QED) is 0.743. The van der Waals surface area contributed by atoms with Crippen molar-refractivity contribution in [2.75, 3.05) is 5.75 Å². The smallest absolute Gasteiger partial charge is 0.131 e. The summed E-state index contributed by atoms with van der Waals surface area (Å²) in [6.07, 6.45) is -2.07. The number of hydrogen-bond donors (Lipinski definition) is 3. The second kappa shape index (κ2) is 6.21. The molecule has 0 aliphatic rings. The largest absolute Gasteiger partial charge is 0.390 e. The number of aliphatic hydroxyl groups is 2. The monoisotopic (exact) mass is 328 g/mol. The van der Waals surface area contributed by atoms with Crippen LogP contribution in [0.1, 0.15) is 18.1 Å². The van der Waals surface area contributed by atoms with E-state index >= 15 is 0 Å². The molecule has 0 aliphatic heterocycles. The maximum Gasteiger partial charge on any atom is 0.131 e. The van der Waals surface area contributed by atoms with Crippen LogP contribution in [0.3, 0.4) is 0 Å². The maximum absolute atomic E-state index is 13.6. The van der Waals surface area contributed by atoms with E-state index in [1.807, 2.05) is 0 Å². The second-order valence-corrected chi connectivity index (χ2v) is 5.05. The van der Waals surface area contributed by atoms with Gasteiger partial charge in [0, 0.05) is 15.1 Å². The van der Waals surface area contributed by atoms with E-state index in [1.54, 1.807) is 0 Å². The summed E-state index contributed by atoms with van der Waals surface area (Å²) in [6, 6.07) is 2.56. The SMILES string of the molecule is OC(CCS)C(O)c1c(F)cc(Cl)cc1Br. The molecule has 0 saturated carbocycles. The van der Waals surface area contributed by atoms with E-state index in [0.29, 0.717) is 10.2 Å². The summed E-state index contributed by atoms with van der Waals surface area (Å²) in [5.74, 6) is -0.240. The first-order valence-electron chi connectivity index (χ1n) is 4.58. The predicted molar refractivity (Wildman–Crippen MR) is 68.5 cm³/mol. The van der Waals surface area contributed by atoms with Gasteiger partial charge in [-0.2, -0.15) is 12.6 Å². The molecule has 90 valence electrons. The molecule has 0 aliphatic carbocycles. The van der Waals surface area contributed by atoms with E-state index in [2.05, 4.69) is 28.6 Å². The highest BCUT2D eigenvalue weighted by Crippen LogP contribution is 2.32. The Morgan fingerprint density at radius 2 is 2.06 bits per heavy atom. The van der Waals surface area contributed by atoms with Crippen molar-refractivity contribution in [3.63, 3.8) is 0 Å². The number of thiol groups is 1. The first kappa shape index (κ1) is 14.3. The van der Waals surface area contributed by atoms with Gasteiger partial charge in [0.2, 0.25) is 0 Å². The van der Waals surface area contributed by atoms with Crippen LogP contribution in [-0.4, -0.2) is 22.1 Å². The Bertz CT molecular complexity index is 355. The van der Waals surface area contributed by atoms with E-state index in [1.165, 1.54) is 6.07 Å². The first-order valence-corrected chi connectivity index (χ1v) is 6.39. The number of rotatable bonds is 4. The van der Waals surface area contributed by atoms with E-state index in [-0.39, 0.29) is 17.0 Å². The third-order valence-electron chi connectivity index (χ3n) is 2.13. The number of aliphatic hydroxyl groups excluding tert-OH is 2. The van der Waals surface area contributed by atoms with Gasteiger partial charge in [-0.05, 0) is 24.3 Å². The molecule has 2 nitrogen and oxygen atoms in total. The molecular weight excluding hydrogens is 319 g/mol. The van der Waals surface area contributed by atoms with Gasteiger partial charge in [-0.15, -0.1) is 0 Å². The van der Waals surface area contributed by atoms with Crippen molar-refractivity contribution < 1.29 is 14.6 Å². The van der Waals surface area contributed by atoms with E-state index in [4.69, 9.17) is 11.6 Å². The summed E-state index contributed by atoms with van der Waals surface area (Å²) in [4.78, 5) is 0.